The molecule has 0 radical (unpaired) electrons. The van der Waals surface area contributed by atoms with E-state index in [2.05, 4.69) is 37.9 Å². The summed E-state index contributed by atoms with van der Waals surface area (Å²) in [5.41, 5.74) is 2.12. The number of rotatable bonds is 12. The van der Waals surface area contributed by atoms with E-state index in [9.17, 15) is 4.79 Å². The molecule has 0 atom stereocenters. The number of carbonyl (C=O) groups is 1. The van der Waals surface area contributed by atoms with Gasteiger partial charge in [0.2, 0.25) is 0 Å². The van der Waals surface area contributed by atoms with E-state index in [-0.39, 0.29) is 5.91 Å². The first-order valence-electron chi connectivity index (χ1n) is 11.4. The topological polar surface area (TPSA) is 33.2 Å². The SMILES string of the molecule is CCC[CH2][Sn]([CH2]CCC)([CH2]CCC)[c]1cc2c(s1)CN(Cc1cccnc1)C2=O. The molecular formula is C24H36N2OSSn. The molecule has 1 aliphatic rings. The molecule has 0 fully saturated rings. The Balaban J connectivity index is 1.82. The number of aromatic nitrogens is 1. The van der Waals surface area contributed by atoms with Gasteiger partial charge in [0.05, 0.1) is 0 Å². The maximum atomic E-state index is 13.1. The van der Waals surface area contributed by atoms with Crippen molar-refractivity contribution in [1.29, 1.82) is 0 Å². The summed E-state index contributed by atoms with van der Waals surface area (Å²) in [7, 11) is 0. The summed E-state index contributed by atoms with van der Waals surface area (Å²) in [4.78, 5) is 20.6. The van der Waals surface area contributed by atoms with Gasteiger partial charge >= 0.3 is 185 Å². The predicted molar refractivity (Wildman–Crippen MR) is 127 cm³/mol. The Morgan fingerprint density at radius 3 is 2.24 bits per heavy atom. The molecule has 0 bridgehead atoms. The summed E-state index contributed by atoms with van der Waals surface area (Å²) in [6, 6.07) is 6.37. The second-order valence-electron chi connectivity index (χ2n) is 8.56. The van der Waals surface area contributed by atoms with Crippen molar-refractivity contribution in [2.45, 2.75) is 85.7 Å². The van der Waals surface area contributed by atoms with E-state index in [0.29, 0.717) is 6.54 Å². The van der Waals surface area contributed by atoms with Gasteiger partial charge in [0.1, 0.15) is 0 Å². The first-order valence-corrected chi connectivity index (χ1v) is 19.7. The van der Waals surface area contributed by atoms with Gasteiger partial charge in [-0.05, 0) is 0 Å². The molecule has 3 heterocycles. The summed E-state index contributed by atoms with van der Waals surface area (Å²) in [6.07, 6.45) is 11.6. The Hall–Kier alpha value is -0.881. The van der Waals surface area contributed by atoms with Crippen molar-refractivity contribution in [3.8, 4) is 0 Å². The van der Waals surface area contributed by atoms with Crippen LogP contribution in [0, 0.1) is 0 Å². The summed E-state index contributed by atoms with van der Waals surface area (Å²) in [5.74, 6) is 0.230. The second kappa shape index (κ2) is 10.9. The average molecular weight is 519 g/mol. The number of hydrogen-bond donors (Lipinski definition) is 0. The van der Waals surface area contributed by atoms with Crippen molar-refractivity contribution < 1.29 is 4.79 Å². The molecule has 3 rings (SSSR count). The molecule has 0 aliphatic carbocycles. The minimum atomic E-state index is -2.43. The summed E-state index contributed by atoms with van der Waals surface area (Å²) in [5, 5.41) is 0. The zero-order valence-corrected chi connectivity index (χ0v) is 22.0. The van der Waals surface area contributed by atoms with Crippen LogP contribution in [0.15, 0.2) is 30.6 Å². The molecular weight excluding hydrogens is 483 g/mol. The van der Waals surface area contributed by atoms with E-state index in [1.807, 2.05) is 28.5 Å². The average Bonchev–Trinajstić information content (AvgIpc) is 3.29. The Morgan fingerprint density at radius 1 is 1.07 bits per heavy atom. The molecule has 1 aliphatic heterocycles. The number of thiophene rings is 1. The van der Waals surface area contributed by atoms with Crippen molar-refractivity contribution in [1.82, 2.24) is 9.88 Å². The van der Waals surface area contributed by atoms with Crippen LogP contribution in [0.4, 0.5) is 0 Å². The van der Waals surface area contributed by atoms with Gasteiger partial charge in [-0.3, -0.25) is 0 Å². The van der Waals surface area contributed by atoms with Crippen LogP contribution in [-0.2, 0) is 13.1 Å². The maximum absolute atomic E-state index is 13.1. The van der Waals surface area contributed by atoms with Gasteiger partial charge in [0.15, 0.2) is 0 Å². The summed E-state index contributed by atoms with van der Waals surface area (Å²) >= 11 is -0.416. The first-order chi connectivity index (χ1) is 14.1. The van der Waals surface area contributed by atoms with Gasteiger partial charge in [0, 0.05) is 0 Å². The monoisotopic (exact) mass is 520 g/mol. The van der Waals surface area contributed by atoms with Gasteiger partial charge in [-0.15, -0.1) is 0 Å². The molecule has 0 unspecified atom stereocenters. The van der Waals surface area contributed by atoms with E-state index in [1.54, 1.807) is 9.09 Å². The van der Waals surface area contributed by atoms with E-state index in [1.165, 1.54) is 56.7 Å². The Labute approximate surface area is 184 Å². The van der Waals surface area contributed by atoms with Crippen LogP contribution in [0.25, 0.3) is 0 Å². The Kier molecular flexibility index (Phi) is 8.60. The Bertz CT molecular complexity index is 768. The fraction of sp³-hybridized carbons (Fsp3) is 0.583. The zero-order valence-electron chi connectivity index (χ0n) is 18.4. The van der Waals surface area contributed by atoms with E-state index >= 15 is 0 Å². The third-order valence-corrected chi connectivity index (χ3v) is 25.6. The quantitative estimate of drug-likeness (QED) is 0.306. The second-order valence-corrected chi connectivity index (χ2v) is 23.9. The Morgan fingerprint density at radius 2 is 1.72 bits per heavy atom. The van der Waals surface area contributed by atoms with E-state index in [4.69, 9.17) is 0 Å². The van der Waals surface area contributed by atoms with Crippen LogP contribution in [0.1, 0.15) is 80.1 Å². The van der Waals surface area contributed by atoms with Crippen molar-refractivity contribution in [3.63, 3.8) is 0 Å². The van der Waals surface area contributed by atoms with Crippen LogP contribution < -0.4 is 2.89 Å². The van der Waals surface area contributed by atoms with Crippen LogP contribution in [0.5, 0.6) is 0 Å². The molecule has 29 heavy (non-hydrogen) atoms. The van der Waals surface area contributed by atoms with Gasteiger partial charge < -0.3 is 0 Å². The molecule has 158 valence electrons. The van der Waals surface area contributed by atoms with Gasteiger partial charge in [-0.2, -0.15) is 0 Å². The summed E-state index contributed by atoms with van der Waals surface area (Å²) in [6.45, 7) is 8.42. The number of pyridine rings is 1. The normalized spacial score (nSPS) is 13.9. The van der Waals surface area contributed by atoms with Crippen molar-refractivity contribution in [3.05, 3.63) is 46.6 Å². The molecule has 0 saturated heterocycles. The third-order valence-electron chi connectivity index (χ3n) is 6.31. The van der Waals surface area contributed by atoms with Crippen molar-refractivity contribution in [2.24, 2.45) is 0 Å². The summed E-state index contributed by atoms with van der Waals surface area (Å²) < 4.78 is 6.10. The number of carbonyl (C=O) groups excluding carboxylic acids is 1. The van der Waals surface area contributed by atoms with Crippen LogP contribution >= 0.6 is 11.3 Å². The van der Waals surface area contributed by atoms with Gasteiger partial charge in [0.25, 0.3) is 0 Å². The number of amides is 1. The number of fused-ring (bicyclic) bond motifs is 1. The first kappa shape index (κ1) is 22.8. The molecule has 0 aromatic carbocycles. The molecule has 0 spiro atoms. The van der Waals surface area contributed by atoms with Crippen LogP contribution in [-0.4, -0.2) is 34.2 Å². The third kappa shape index (κ3) is 5.43. The fourth-order valence-corrected chi connectivity index (χ4v) is 25.0. The molecule has 1 amide bonds. The van der Waals surface area contributed by atoms with Crippen LogP contribution in [0.2, 0.25) is 13.3 Å². The zero-order chi connectivity index (χ0) is 20.7. The standard InChI is InChI=1S/C12H9N2OS.3C4H9.Sn/c15-12-10-3-5-16-11(10)8-14(12)7-9-2-1-4-13-6-9;3*1-3-4-2;/h1-4,6H,7-8H2;3*1,3-4H2,2H3;. The van der Waals surface area contributed by atoms with Gasteiger partial charge in [-0.1, -0.05) is 0 Å². The van der Waals surface area contributed by atoms with E-state index < -0.39 is 18.4 Å². The van der Waals surface area contributed by atoms with Crippen molar-refractivity contribution in [2.75, 3.05) is 0 Å². The van der Waals surface area contributed by atoms with Crippen LogP contribution in [0.3, 0.4) is 0 Å². The molecule has 3 nitrogen and oxygen atoms in total. The molecule has 2 aromatic rings. The molecule has 5 heteroatoms. The molecule has 0 N–H and O–H groups in total. The van der Waals surface area contributed by atoms with Crippen molar-refractivity contribution >= 4 is 38.5 Å². The number of unbranched alkanes of at least 4 members (excludes halogenated alkanes) is 3. The van der Waals surface area contributed by atoms with E-state index in [0.717, 1.165) is 17.7 Å². The molecule has 0 saturated carbocycles. The fourth-order valence-electron chi connectivity index (χ4n) is 4.53. The minimum absolute atomic E-state index is 0.230. The van der Waals surface area contributed by atoms with Gasteiger partial charge in [-0.25, -0.2) is 0 Å². The predicted octanol–water partition coefficient (Wildman–Crippen LogP) is 6.36. The molecule has 2 aromatic heterocycles. The number of nitrogens with zero attached hydrogens (tertiary/aromatic N) is 2. The number of hydrogen-bond acceptors (Lipinski definition) is 3.